The first-order valence-corrected chi connectivity index (χ1v) is 5.82. The van der Waals surface area contributed by atoms with Crippen molar-refractivity contribution >= 4 is 0 Å². The largest absolute Gasteiger partial charge is 0.396 e. The van der Waals surface area contributed by atoms with Gasteiger partial charge in [-0.1, -0.05) is 40.0 Å². The maximum Gasteiger partial charge on any atom is 0.0509 e. The van der Waals surface area contributed by atoms with E-state index in [1.54, 1.807) is 0 Å². The molecule has 0 amide bonds. The summed E-state index contributed by atoms with van der Waals surface area (Å²) in [6.07, 6.45) is 5.21. The number of hydrogen-bond donors (Lipinski definition) is 2. The lowest BCUT2D eigenvalue weighted by Crippen LogP contribution is -2.29. The van der Waals surface area contributed by atoms with Crippen LogP contribution in [0.2, 0.25) is 0 Å². The summed E-state index contributed by atoms with van der Waals surface area (Å²) in [5, 5.41) is 18.6. The van der Waals surface area contributed by atoms with Gasteiger partial charge in [0.1, 0.15) is 0 Å². The molecule has 0 fully saturated rings. The Morgan fingerprint density at radius 1 is 1.07 bits per heavy atom. The molecule has 86 valence electrons. The molecule has 0 bridgehead atoms. The van der Waals surface area contributed by atoms with E-state index in [4.69, 9.17) is 0 Å². The molecule has 0 saturated carbocycles. The summed E-state index contributed by atoms with van der Waals surface area (Å²) in [4.78, 5) is 0. The average molecular weight is 202 g/mol. The molecule has 0 saturated heterocycles. The summed E-state index contributed by atoms with van der Waals surface area (Å²) in [6.45, 7) is 6.76. The number of aliphatic hydroxyl groups excluding tert-OH is 2. The Labute approximate surface area is 88.3 Å². The summed E-state index contributed by atoms with van der Waals surface area (Å²) in [7, 11) is 0. The Morgan fingerprint density at radius 2 is 1.64 bits per heavy atom. The van der Waals surface area contributed by atoms with Crippen LogP contribution in [0.15, 0.2) is 0 Å². The zero-order chi connectivity index (χ0) is 11.0. The van der Waals surface area contributed by atoms with Crippen molar-refractivity contribution in [3.63, 3.8) is 0 Å². The minimum Gasteiger partial charge on any atom is -0.396 e. The van der Waals surface area contributed by atoms with E-state index in [0.29, 0.717) is 5.92 Å². The predicted molar refractivity (Wildman–Crippen MR) is 60.2 cm³/mol. The van der Waals surface area contributed by atoms with E-state index in [1.807, 2.05) is 0 Å². The lowest BCUT2D eigenvalue weighted by atomic mass is 9.79. The second-order valence-electron chi connectivity index (χ2n) is 4.85. The van der Waals surface area contributed by atoms with Crippen molar-refractivity contribution in [3.8, 4) is 0 Å². The molecule has 2 nitrogen and oxygen atoms in total. The van der Waals surface area contributed by atoms with Gasteiger partial charge in [-0.2, -0.15) is 0 Å². The molecule has 0 atom stereocenters. The van der Waals surface area contributed by atoms with E-state index in [0.717, 1.165) is 25.7 Å². The summed E-state index contributed by atoms with van der Waals surface area (Å²) in [5.41, 5.74) is -0.219. The lowest BCUT2D eigenvalue weighted by molar-refractivity contribution is 0.0363. The van der Waals surface area contributed by atoms with E-state index in [2.05, 4.69) is 20.8 Å². The Hall–Kier alpha value is -0.0800. The minimum absolute atomic E-state index is 0.120. The van der Waals surface area contributed by atoms with Crippen molar-refractivity contribution < 1.29 is 10.2 Å². The first-order chi connectivity index (χ1) is 6.60. The van der Waals surface area contributed by atoms with E-state index in [1.165, 1.54) is 6.42 Å². The third-order valence-corrected chi connectivity index (χ3v) is 2.94. The average Bonchev–Trinajstić information content (AvgIpc) is 2.16. The molecule has 2 heteroatoms. The fourth-order valence-electron chi connectivity index (χ4n) is 1.91. The second kappa shape index (κ2) is 7.24. The number of hydrogen-bond acceptors (Lipinski definition) is 2. The standard InChI is InChI=1S/C12H26O2/c1-4-7-12(9-13,10-14)8-5-6-11(2)3/h11,13-14H,4-10H2,1-3H3. The molecule has 0 aromatic carbocycles. The first kappa shape index (κ1) is 13.9. The molecule has 0 aliphatic rings. The van der Waals surface area contributed by atoms with Gasteiger partial charge < -0.3 is 10.2 Å². The first-order valence-electron chi connectivity index (χ1n) is 5.82. The van der Waals surface area contributed by atoms with Crippen molar-refractivity contribution in [2.75, 3.05) is 13.2 Å². The van der Waals surface area contributed by atoms with Gasteiger partial charge in [0.05, 0.1) is 13.2 Å². The van der Waals surface area contributed by atoms with E-state index >= 15 is 0 Å². The van der Waals surface area contributed by atoms with Gasteiger partial charge >= 0.3 is 0 Å². The highest BCUT2D eigenvalue weighted by Crippen LogP contribution is 2.30. The van der Waals surface area contributed by atoms with Crippen LogP contribution in [0.4, 0.5) is 0 Å². The maximum absolute atomic E-state index is 9.31. The third-order valence-electron chi connectivity index (χ3n) is 2.94. The van der Waals surface area contributed by atoms with Gasteiger partial charge in [-0.25, -0.2) is 0 Å². The molecule has 0 rings (SSSR count). The van der Waals surface area contributed by atoms with Gasteiger partial charge in [0.25, 0.3) is 0 Å². The summed E-state index contributed by atoms with van der Waals surface area (Å²) >= 11 is 0. The van der Waals surface area contributed by atoms with E-state index < -0.39 is 0 Å². The highest BCUT2D eigenvalue weighted by atomic mass is 16.3. The molecule has 0 radical (unpaired) electrons. The van der Waals surface area contributed by atoms with Crippen molar-refractivity contribution in [2.45, 2.75) is 52.9 Å². The van der Waals surface area contributed by atoms with Crippen LogP contribution >= 0.6 is 0 Å². The minimum atomic E-state index is -0.219. The monoisotopic (exact) mass is 202 g/mol. The topological polar surface area (TPSA) is 40.5 Å². The Kier molecular flexibility index (Phi) is 7.20. The zero-order valence-electron chi connectivity index (χ0n) is 9.92. The molecule has 0 heterocycles. The molecule has 0 aromatic heterocycles. The summed E-state index contributed by atoms with van der Waals surface area (Å²) in [6, 6.07) is 0. The van der Waals surface area contributed by atoms with Crippen LogP contribution in [-0.4, -0.2) is 23.4 Å². The summed E-state index contributed by atoms with van der Waals surface area (Å²) < 4.78 is 0. The van der Waals surface area contributed by atoms with Crippen LogP contribution in [0.5, 0.6) is 0 Å². The van der Waals surface area contributed by atoms with Gasteiger partial charge in [-0.15, -0.1) is 0 Å². The highest BCUT2D eigenvalue weighted by Gasteiger charge is 2.26. The Morgan fingerprint density at radius 3 is 2.00 bits per heavy atom. The third kappa shape index (κ3) is 4.97. The van der Waals surface area contributed by atoms with Crippen LogP contribution < -0.4 is 0 Å². The van der Waals surface area contributed by atoms with Crippen LogP contribution in [0.1, 0.15) is 52.9 Å². The quantitative estimate of drug-likeness (QED) is 0.635. The van der Waals surface area contributed by atoms with Crippen molar-refractivity contribution in [2.24, 2.45) is 11.3 Å². The van der Waals surface area contributed by atoms with Crippen LogP contribution in [0.3, 0.4) is 0 Å². The fraction of sp³-hybridized carbons (Fsp3) is 1.00. The molecule has 2 N–H and O–H groups in total. The molecule has 0 unspecified atom stereocenters. The van der Waals surface area contributed by atoms with Gasteiger partial charge in [0.15, 0.2) is 0 Å². The number of rotatable bonds is 8. The maximum atomic E-state index is 9.31. The lowest BCUT2D eigenvalue weighted by Gasteiger charge is -2.29. The smallest absolute Gasteiger partial charge is 0.0509 e. The SMILES string of the molecule is CCCC(CO)(CO)CCCC(C)C. The van der Waals surface area contributed by atoms with Crippen molar-refractivity contribution in [3.05, 3.63) is 0 Å². The van der Waals surface area contributed by atoms with E-state index in [9.17, 15) is 10.2 Å². The molecule has 0 aliphatic carbocycles. The van der Waals surface area contributed by atoms with Crippen molar-refractivity contribution in [1.82, 2.24) is 0 Å². The van der Waals surface area contributed by atoms with Gasteiger partial charge in [0.2, 0.25) is 0 Å². The van der Waals surface area contributed by atoms with Gasteiger partial charge in [-0.3, -0.25) is 0 Å². The summed E-state index contributed by atoms with van der Waals surface area (Å²) in [5.74, 6) is 0.715. The zero-order valence-corrected chi connectivity index (χ0v) is 9.92. The molecular formula is C12H26O2. The van der Waals surface area contributed by atoms with Crippen LogP contribution in [0, 0.1) is 11.3 Å². The van der Waals surface area contributed by atoms with Crippen LogP contribution in [0.25, 0.3) is 0 Å². The molecule has 0 aliphatic heterocycles. The second-order valence-corrected chi connectivity index (χ2v) is 4.85. The fourth-order valence-corrected chi connectivity index (χ4v) is 1.91. The molecule has 0 aromatic rings. The highest BCUT2D eigenvalue weighted by molar-refractivity contribution is 4.77. The Balaban J connectivity index is 3.94. The predicted octanol–water partition coefficient (Wildman–Crippen LogP) is 2.58. The normalized spacial score (nSPS) is 12.4. The van der Waals surface area contributed by atoms with Gasteiger partial charge in [-0.05, 0) is 18.8 Å². The number of aliphatic hydroxyl groups is 2. The molecule has 0 spiro atoms. The Bertz CT molecular complexity index is 128. The van der Waals surface area contributed by atoms with Crippen LogP contribution in [-0.2, 0) is 0 Å². The molecule has 14 heavy (non-hydrogen) atoms. The van der Waals surface area contributed by atoms with E-state index in [-0.39, 0.29) is 18.6 Å². The van der Waals surface area contributed by atoms with Crippen molar-refractivity contribution in [1.29, 1.82) is 0 Å². The van der Waals surface area contributed by atoms with Gasteiger partial charge in [0, 0.05) is 5.41 Å². The molecular weight excluding hydrogens is 176 g/mol.